The number of hydrogen-bond acceptors (Lipinski definition) is 3. The van der Waals surface area contributed by atoms with Gasteiger partial charge in [0.15, 0.2) is 0 Å². The highest BCUT2D eigenvalue weighted by atomic mass is 19.4. The van der Waals surface area contributed by atoms with Gasteiger partial charge in [0.1, 0.15) is 0 Å². The van der Waals surface area contributed by atoms with Crippen LogP contribution < -0.4 is 4.90 Å². The minimum absolute atomic E-state index is 0.0656. The van der Waals surface area contributed by atoms with E-state index >= 15 is 0 Å². The van der Waals surface area contributed by atoms with Crippen molar-refractivity contribution in [2.75, 3.05) is 11.9 Å². The van der Waals surface area contributed by atoms with Gasteiger partial charge in [0.2, 0.25) is 0 Å². The highest BCUT2D eigenvalue weighted by molar-refractivity contribution is 5.56. The first kappa shape index (κ1) is 14.5. The van der Waals surface area contributed by atoms with Gasteiger partial charge in [0, 0.05) is 24.8 Å². The van der Waals surface area contributed by atoms with E-state index in [9.17, 15) is 13.2 Å². The van der Waals surface area contributed by atoms with Crippen LogP contribution in [0, 0.1) is 0 Å². The van der Waals surface area contributed by atoms with Gasteiger partial charge in [-0.15, -0.1) is 0 Å². The molecule has 6 heteroatoms. The molecule has 0 saturated heterocycles. The fourth-order valence-electron chi connectivity index (χ4n) is 1.98. The lowest BCUT2D eigenvalue weighted by Gasteiger charge is -2.23. The van der Waals surface area contributed by atoms with Gasteiger partial charge >= 0.3 is 6.18 Å². The van der Waals surface area contributed by atoms with E-state index < -0.39 is 18.3 Å². The molecular weight excluding hydrogens is 271 g/mol. The van der Waals surface area contributed by atoms with E-state index in [0.717, 1.165) is 11.6 Å². The molecule has 0 spiro atoms. The zero-order valence-electron chi connectivity index (χ0n) is 10.8. The van der Waals surface area contributed by atoms with Crippen molar-refractivity contribution >= 4 is 5.69 Å². The Balaban J connectivity index is 2.34. The van der Waals surface area contributed by atoms with Gasteiger partial charge in [-0.2, -0.15) is 13.2 Å². The number of furan rings is 1. The van der Waals surface area contributed by atoms with Gasteiger partial charge in [-0.05, 0) is 23.8 Å². The summed E-state index contributed by atoms with van der Waals surface area (Å²) in [6, 6.07) is 5.53. The maximum Gasteiger partial charge on any atom is 0.418 e. The Labute approximate surface area is 114 Å². The number of benzene rings is 1. The minimum Gasteiger partial charge on any atom is -0.472 e. The van der Waals surface area contributed by atoms with Gasteiger partial charge in [0.05, 0.1) is 24.7 Å². The van der Waals surface area contributed by atoms with E-state index in [-0.39, 0.29) is 11.3 Å². The number of anilines is 1. The Kier molecular flexibility index (Phi) is 4.04. The van der Waals surface area contributed by atoms with Crippen molar-refractivity contribution in [3.05, 3.63) is 53.5 Å². The van der Waals surface area contributed by atoms with E-state index in [4.69, 9.17) is 9.52 Å². The van der Waals surface area contributed by atoms with Gasteiger partial charge in [0.25, 0.3) is 0 Å². The van der Waals surface area contributed by atoms with Crippen LogP contribution in [0.5, 0.6) is 0 Å². The first-order valence-electron chi connectivity index (χ1n) is 5.95. The summed E-state index contributed by atoms with van der Waals surface area (Å²) in [6.45, 7) is -0.118. The van der Waals surface area contributed by atoms with Gasteiger partial charge in [-0.1, -0.05) is 6.07 Å². The molecule has 3 nitrogen and oxygen atoms in total. The van der Waals surface area contributed by atoms with Crippen LogP contribution in [0.4, 0.5) is 18.9 Å². The zero-order valence-corrected chi connectivity index (χ0v) is 10.8. The lowest BCUT2D eigenvalue weighted by atomic mass is 10.1. The van der Waals surface area contributed by atoms with Gasteiger partial charge in [-0.25, -0.2) is 0 Å². The molecular formula is C14H14F3NO2. The molecule has 2 rings (SSSR count). The molecule has 2 aromatic rings. The van der Waals surface area contributed by atoms with Crippen LogP contribution in [0.15, 0.2) is 41.2 Å². The second-order valence-corrected chi connectivity index (χ2v) is 4.50. The van der Waals surface area contributed by atoms with Crippen LogP contribution in [-0.2, 0) is 19.3 Å². The van der Waals surface area contributed by atoms with Crippen LogP contribution >= 0.6 is 0 Å². The molecule has 0 aliphatic rings. The maximum absolute atomic E-state index is 13.1. The largest absolute Gasteiger partial charge is 0.472 e. The molecule has 0 fully saturated rings. The van der Waals surface area contributed by atoms with Crippen molar-refractivity contribution in [1.82, 2.24) is 0 Å². The SMILES string of the molecule is CN(Cc1ccoc1)c1ccc(CO)cc1C(F)(F)F. The molecule has 20 heavy (non-hydrogen) atoms. The predicted molar refractivity (Wildman–Crippen MR) is 68.2 cm³/mol. The molecule has 1 aromatic carbocycles. The Morgan fingerprint density at radius 2 is 1.95 bits per heavy atom. The number of rotatable bonds is 4. The normalized spacial score (nSPS) is 11.7. The first-order valence-corrected chi connectivity index (χ1v) is 5.95. The molecule has 0 aliphatic carbocycles. The van der Waals surface area contributed by atoms with Gasteiger partial charge < -0.3 is 14.4 Å². The molecule has 0 unspecified atom stereocenters. The van der Waals surface area contributed by atoms with E-state index in [2.05, 4.69) is 0 Å². The van der Waals surface area contributed by atoms with Crippen molar-refractivity contribution in [3.63, 3.8) is 0 Å². The number of nitrogens with zero attached hydrogens (tertiary/aromatic N) is 1. The smallest absolute Gasteiger partial charge is 0.418 e. The number of hydrogen-bond donors (Lipinski definition) is 1. The second kappa shape index (κ2) is 5.58. The highest BCUT2D eigenvalue weighted by Crippen LogP contribution is 2.37. The van der Waals surface area contributed by atoms with E-state index in [1.54, 1.807) is 13.1 Å². The minimum atomic E-state index is -4.47. The lowest BCUT2D eigenvalue weighted by Crippen LogP contribution is -2.21. The molecule has 0 atom stereocenters. The number of halogens is 3. The average Bonchev–Trinajstić information content (AvgIpc) is 2.89. The summed E-state index contributed by atoms with van der Waals surface area (Å²) in [6.07, 6.45) is -1.50. The van der Waals surface area contributed by atoms with Crippen molar-refractivity contribution in [2.24, 2.45) is 0 Å². The van der Waals surface area contributed by atoms with E-state index in [1.165, 1.54) is 29.6 Å². The third kappa shape index (κ3) is 3.14. The Bertz CT molecular complexity index is 564. The molecule has 1 aromatic heterocycles. The summed E-state index contributed by atoms with van der Waals surface area (Å²) < 4.78 is 44.1. The van der Waals surface area contributed by atoms with Crippen LogP contribution in [0.25, 0.3) is 0 Å². The molecule has 1 heterocycles. The molecule has 0 saturated carbocycles. The second-order valence-electron chi connectivity index (χ2n) is 4.50. The molecule has 1 N–H and O–H groups in total. The molecule has 0 radical (unpaired) electrons. The maximum atomic E-state index is 13.1. The summed E-state index contributed by atoms with van der Waals surface area (Å²) in [5.74, 6) is 0. The lowest BCUT2D eigenvalue weighted by molar-refractivity contribution is -0.137. The standard InChI is InChI=1S/C14H14F3NO2/c1-18(7-11-4-5-20-9-11)13-3-2-10(8-19)6-12(13)14(15,16)17/h2-6,9,19H,7-8H2,1H3. The number of aliphatic hydroxyl groups excluding tert-OH is 1. The molecule has 0 bridgehead atoms. The van der Waals surface area contributed by atoms with E-state index in [1.807, 2.05) is 0 Å². The summed E-state index contributed by atoms with van der Waals surface area (Å²) >= 11 is 0. The van der Waals surface area contributed by atoms with Crippen LogP contribution in [0.2, 0.25) is 0 Å². The summed E-state index contributed by atoms with van der Waals surface area (Å²) in [7, 11) is 1.58. The monoisotopic (exact) mass is 285 g/mol. The van der Waals surface area contributed by atoms with Crippen molar-refractivity contribution in [1.29, 1.82) is 0 Å². The summed E-state index contributed by atoms with van der Waals surface area (Å²) in [5.41, 5.74) is 0.329. The van der Waals surface area contributed by atoms with Crippen LogP contribution in [0.1, 0.15) is 16.7 Å². The third-order valence-electron chi connectivity index (χ3n) is 2.96. The third-order valence-corrected chi connectivity index (χ3v) is 2.96. The van der Waals surface area contributed by atoms with Crippen molar-refractivity contribution in [3.8, 4) is 0 Å². The summed E-state index contributed by atoms with van der Waals surface area (Å²) in [5, 5.41) is 8.97. The van der Waals surface area contributed by atoms with Gasteiger partial charge in [-0.3, -0.25) is 0 Å². The van der Waals surface area contributed by atoms with Crippen molar-refractivity contribution < 1.29 is 22.7 Å². The van der Waals surface area contributed by atoms with E-state index in [0.29, 0.717) is 6.54 Å². The number of aliphatic hydroxyl groups is 1. The quantitative estimate of drug-likeness (QED) is 0.935. The zero-order chi connectivity index (χ0) is 14.8. The molecule has 108 valence electrons. The molecule has 0 aliphatic heterocycles. The topological polar surface area (TPSA) is 36.6 Å². The Morgan fingerprint density at radius 1 is 1.20 bits per heavy atom. The van der Waals surface area contributed by atoms with Crippen LogP contribution in [0.3, 0.4) is 0 Å². The fourth-order valence-corrected chi connectivity index (χ4v) is 1.98. The number of alkyl halides is 3. The Hall–Kier alpha value is -1.95. The fraction of sp³-hybridized carbons (Fsp3) is 0.286. The Morgan fingerprint density at radius 3 is 2.50 bits per heavy atom. The average molecular weight is 285 g/mol. The highest BCUT2D eigenvalue weighted by Gasteiger charge is 2.34. The predicted octanol–water partition coefficient (Wildman–Crippen LogP) is 3.43. The van der Waals surface area contributed by atoms with Crippen LogP contribution in [-0.4, -0.2) is 12.2 Å². The molecule has 0 amide bonds. The summed E-state index contributed by atoms with van der Waals surface area (Å²) in [4.78, 5) is 1.49. The first-order chi connectivity index (χ1) is 9.41. The van der Waals surface area contributed by atoms with Crippen molar-refractivity contribution in [2.45, 2.75) is 19.3 Å².